The number of anilines is 1. The Morgan fingerprint density at radius 3 is 2.08 bits per heavy atom. The van der Waals surface area contributed by atoms with Crippen LogP contribution in [0.25, 0.3) is 0 Å². The van der Waals surface area contributed by atoms with Crippen molar-refractivity contribution in [1.82, 2.24) is 10.2 Å². The molecule has 0 saturated heterocycles. The minimum absolute atomic E-state index is 0.00365. The van der Waals surface area contributed by atoms with Crippen molar-refractivity contribution in [2.24, 2.45) is 0 Å². The van der Waals surface area contributed by atoms with Gasteiger partial charge in [0.25, 0.3) is 10.0 Å². The summed E-state index contributed by atoms with van der Waals surface area (Å²) in [6, 6.07) is 18.8. The summed E-state index contributed by atoms with van der Waals surface area (Å²) in [7, 11) is -4.20. The van der Waals surface area contributed by atoms with Crippen LogP contribution in [0.1, 0.15) is 38.3 Å². The number of hydrogen-bond donors (Lipinski definition) is 1. The van der Waals surface area contributed by atoms with Crippen molar-refractivity contribution in [3.05, 3.63) is 94.0 Å². The van der Waals surface area contributed by atoms with E-state index in [1.807, 2.05) is 52.0 Å². The van der Waals surface area contributed by atoms with E-state index in [-0.39, 0.29) is 39.1 Å². The zero-order valence-electron chi connectivity index (χ0n) is 22.4. The monoisotopic (exact) mass is 589 g/mol. The number of aryl methyl sites for hydroxylation is 1. The Balaban J connectivity index is 2.10. The first kappa shape index (κ1) is 30.5. The van der Waals surface area contributed by atoms with Gasteiger partial charge in [-0.2, -0.15) is 0 Å². The van der Waals surface area contributed by atoms with Gasteiger partial charge in [0.1, 0.15) is 12.6 Å². The summed E-state index contributed by atoms with van der Waals surface area (Å²) < 4.78 is 28.7. The zero-order valence-corrected chi connectivity index (χ0v) is 24.7. The molecule has 1 atom stereocenters. The van der Waals surface area contributed by atoms with Crippen LogP contribution in [0.3, 0.4) is 0 Å². The molecule has 208 valence electrons. The molecule has 0 bridgehead atoms. The Labute approximate surface area is 240 Å². The van der Waals surface area contributed by atoms with Crippen molar-refractivity contribution < 1.29 is 18.0 Å². The summed E-state index contributed by atoms with van der Waals surface area (Å²) in [4.78, 5) is 28.7. The summed E-state index contributed by atoms with van der Waals surface area (Å²) in [6.07, 6.45) is 0.338. The minimum Gasteiger partial charge on any atom is -0.352 e. The fourth-order valence-electron chi connectivity index (χ4n) is 4.20. The molecule has 2 amide bonds. The van der Waals surface area contributed by atoms with Crippen molar-refractivity contribution in [2.75, 3.05) is 10.8 Å². The number of carbonyl (C=O) groups is 2. The van der Waals surface area contributed by atoms with Gasteiger partial charge >= 0.3 is 0 Å². The highest BCUT2D eigenvalue weighted by Gasteiger charge is 2.34. The summed E-state index contributed by atoms with van der Waals surface area (Å²) in [6.45, 7) is 6.99. The van der Waals surface area contributed by atoms with Gasteiger partial charge in [-0.15, -0.1) is 0 Å². The quantitative estimate of drug-likeness (QED) is 0.305. The molecule has 0 aliphatic heterocycles. The maximum Gasteiger partial charge on any atom is 0.264 e. The Bertz CT molecular complexity index is 1390. The summed E-state index contributed by atoms with van der Waals surface area (Å²) in [5.41, 5.74) is 1.94. The third-order valence-corrected chi connectivity index (χ3v) is 8.39. The topological polar surface area (TPSA) is 86.8 Å². The number of rotatable bonds is 11. The number of halogens is 2. The molecule has 0 radical (unpaired) electrons. The molecule has 7 nitrogen and oxygen atoms in total. The fourth-order valence-corrected chi connectivity index (χ4v) is 6.14. The van der Waals surface area contributed by atoms with Crippen molar-refractivity contribution in [3.63, 3.8) is 0 Å². The highest BCUT2D eigenvalue weighted by Crippen LogP contribution is 2.30. The van der Waals surface area contributed by atoms with Crippen LogP contribution >= 0.6 is 23.2 Å². The molecule has 0 fully saturated rings. The number of hydrogen-bond acceptors (Lipinski definition) is 4. The lowest BCUT2D eigenvalue weighted by atomic mass is 10.1. The van der Waals surface area contributed by atoms with Gasteiger partial charge in [0, 0.05) is 22.6 Å². The van der Waals surface area contributed by atoms with Gasteiger partial charge < -0.3 is 10.2 Å². The predicted octanol–water partition coefficient (Wildman–Crippen LogP) is 5.83. The second kappa shape index (κ2) is 13.3. The Hall–Kier alpha value is -3.07. The summed E-state index contributed by atoms with van der Waals surface area (Å²) in [5.74, 6) is -0.850. The van der Waals surface area contributed by atoms with Gasteiger partial charge in [-0.1, -0.05) is 72.6 Å². The maximum absolute atomic E-state index is 14.1. The SMILES string of the molecule is CC[C@H](C(=O)NC(C)C)N(Cc1ccccc1C)C(=O)CN(c1cc(Cl)cc(Cl)c1)S(=O)(=O)c1ccccc1. The lowest BCUT2D eigenvalue weighted by Gasteiger charge is -2.34. The second-order valence-electron chi connectivity index (χ2n) is 9.49. The molecule has 39 heavy (non-hydrogen) atoms. The molecule has 3 rings (SSSR count). The van der Waals surface area contributed by atoms with Crippen LogP contribution in [-0.2, 0) is 26.2 Å². The number of amides is 2. The van der Waals surface area contributed by atoms with Crippen LogP contribution in [0.4, 0.5) is 5.69 Å². The van der Waals surface area contributed by atoms with Crippen molar-refractivity contribution in [3.8, 4) is 0 Å². The van der Waals surface area contributed by atoms with E-state index < -0.39 is 28.5 Å². The highest BCUT2D eigenvalue weighted by molar-refractivity contribution is 7.92. The third-order valence-electron chi connectivity index (χ3n) is 6.16. The minimum atomic E-state index is -4.20. The standard InChI is InChI=1S/C29H33Cl2N3O4S/c1-5-27(29(36)32-20(2)3)33(18-22-12-10-9-11-21(22)4)28(35)19-34(25-16-23(30)15-24(31)17-25)39(37,38)26-13-7-6-8-14-26/h6-17,20,27H,5,18-19H2,1-4H3,(H,32,36)/t27-/m1/s1. The zero-order chi connectivity index (χ0) is 28.7. The van der Waals surface area contributed by atoms with Crippen molar-refractivity contribution in [1.29, 1.82) is 0 Å². The number of carbonyl (C=O) groups excluding carboxylic acids is 2. The largest absolute Gasteiger partial charge is 0.352 e. The number of nitrogens with zero attached hydrogens (tertiary/aromatic N) is 2. The fraction of sp³-hybridized carbons (Fsp3) is 0.310. The van der Waals surface area contributed by atoms with Crippen molar-refractivity contribution in [2.45, 2.75) is 57.6 Å². The second-order valence-corrected chi connectivity index (χ2v) is 12.2. The van der Waals surface area contributed by atoms with E-state index in [9.17, 15) is 18.0 Å². The normalized spacial score (nSPS) is 12.2. The molecule has 0 aliphatic carbocycles. The smallest absolute Gasteiger partial charge is 0.264 e. The highest BCUT2D eigenvalue weighted by atomic mass is 35.5. The first-order valence-electron chi connectivity index (χ1n) is 12.6. The maximum atomic E-state index is 14.1. The van der Waals surface area contributed by atoms with Gasteiger partial charge in [-0.3, -0.25) is 13.9 Å². The van der Waals surface area contributed by atoms with E-state index in [1.54, 1.807) is 18.2 Å². The first-order chi connectivity index (χ1) is 18.4. The molecule has 0 saturated carbocycles. The van der Waals surface area contributed by atoms with E-state index in [0.717, 1.165) is 15.4 Å². The lowest BCUT2D eigenvalue weighted by molar-refractivity contribution is -0.140. The molecule has 1 N–H and O–H groups in total. The number of nitrogens with one attached hydrogen (secondary N) is 1. The van der Waals surface area contributed by atoms with E-state index in [1.165, 1.54) is 35.2 Å². The van der Waals surface area contributed by atoms with Gasteiger partial charge in [-0.05, 0) is 68.7 Å². The molecular weight excluding hydrogens is 557 g/mol. The molecule has 0 aromatic heterocycles. The Kier molecular flexibility index (Phi) is 10.4. The van der Waals surface area contributed by atoms with Crippen LogP contribution in [-0.4, -0.2) is 43.8 Å². The summed E-state index contributed by atoms with van der Waals surface area (Å²) in [5, 5.41) is 3.33. The third kappa shape index (κ3) is 7.75. The summed E-state index contributed by atoms with van der Waals surface area (Å²) >= 11 is 12.4. The van der Waals surface area contributed by atoms with Crippen molar-refractivity contribution >= 4 is 50.7 Å². The molecular formula is C29H33Cl2N3O4S. The van der Waals surface area contributed by atoms with E-state index >= 15 is 0 Å². The molecule has 0 heterocycles. The molecule has 0 unspecified atom stereocenters. The number of sulfonamides is 1. The van der Waals surface area contributed by atoms with Crippen LogP contribution in [0.2, 0.25) is 10.0 Å². The van der Waals surface area contributed by atoms with E-state index in [0.29, 0.717) is 6.42 Å². The van der Waals surface area contributed by atoms with E-state index in [4.69, 9.17) is 23.2 Å². The number of benzene rings is 3. The average molecular weight is 591 g/mol. The molecule has 3 aromatic carbocycles. The average Bonchev–Trinajstić information content (AvgIpc) is 2.87. The van der Waals surface area contributed by atoms with Gasteiger partial charge in [0.15, 0.2) is 0 Å². The lowest BCUT2D eigenvalue weighted by Crippen LogP contribution is -2.53. The molecule has 10 heteroatoms. The molecule has 0 aliphatic rings. The van der Waals surface area contributed by atoms with Crippen LogP contribution in [0.5, 0.6) is 0 Å². The van der Waals surface area contributed by atoms with Gasteiger partial charge in [0.05, 0.1) is 10.6 Å². The molecule has 3 aromatic rings. The van der Waals surface area contributed by atoms with Crippen LogP contribution in [0.15, 0.2) is 77.7 Å². The first-order valence-corrected chi connectivity index (χ1v) is 14.8. The van der Waals surface area contributed by atoms with E-state index in [2.05, 4.69) is 5.32 Å². The molecule has 0 spiro atoms. The van der Waals surface area contributed by atoms with Crippen LogP contribution < -0.4 is 9.62 Å². The van der Waals surface area contributed by atoms with Gasteiger partial charge in [0.2, 0.25) is 11.8 Å². The Morgan fingerprint density at radius 2 is 1.51 bits per heavy atom. The van der Waals surface area contributed by atoms with Gasteiger partial charge in [-0.25, -0.2) is 8.42 Å². The predicted molar refractivity (Wildman–Crippen MR) is 157 cm³/mol. The van der Waals surface area contributed by atoms with Crippen LogP contribution in [0, 0.1) is 6.92 Å². The Morgan fingerprint density at radius 1 is 0.923 bits per heavy atom.